The minimum absolute atomic E-state index is 0.0156. The van der Waals surface area contributed by atoms with Crippen molar-refractivity contribution in [3.05, 3.63) is 65.2 Å². The smallest absolute Gasteiger partial charge is 0.147 e. The summed E-state index contributed by atoms with van der Waals surface area (Å²) in [6, 6.07) is 9.62. The number of halogens is 1. The molecule has 2 unspecified atom stereocenters. The van der Waals surface area contributed by atoms with E-state index in [4.69, 9.17) is 0 Å². The minimum atomic E-state index is -0.795. The van der Waals surface area contributed by atoms with E-state index in [-0.39, 0.29) is 5.92 Å². The van der Waals surface area contributed by atoms with Gasteiger partial charge in [0.15, 0.2) is 0 Å². The first kappa shape index (κ1) is 11.4. The maximum absolute atomic E-state index is 13.6. The first-order chi connectivity index (χ1) is 8.77. The number of pyridine rings is 1. The molecule has 0 radical (unpaired) electrons. The third-order valence-electron chi connectivity index (χ3n) is 3.68. The van der Waals surface area contributed by atoms with Crippen molar-refractivity contribution >= 4 is 0 Å². The summed E-state index contributed by atoms with van der Waals surface area (Å²) in [7, 11) is 0. The highest BCUT2D eigenvalue weighted by Gasteiger charge is 2.30. The molecule has 1 N–H and O–H groups in total. The van der Waals surface area contributed by atoms with Gasteiger partial charge in [0.1, 0.15) is 5.82 Å². The lowest BCUT2D eigenvalue weighted by Crippen LogP contribution is -2.10. The summed E-state index contributed by atoms with van der Waals surface area (Å²) >= 11 is 0. The van der Waals surface area contributed by atoms with Crippen LogP contribution in [-0.2, 0) is 6.42 Å². The van der Waals surface area contributed by atoms with Crippen molar-refractivity contribution in [2.45, 2.75) is 24.9 Å². The second kappa shape index (κ2) is 4.50. The van der Waals surface area contributed by atoms with Gasteiger partial charge >= 0.3 is 0 Å². The van der Waals surface area contributed by atoms with Gasteiger partial charge in [-0.1, -0.05) is 24.3 Å². The normalized spacial score (nSPS) is 19.6. The Morgan fingerprint density at radius 3 is 2.94 bits per heavy atom. The fraction of sp³-hybridized carbons (Fsp3) is 0.267. The largest absolute Gasteiger partial charge is 0.388 e. The topological polar surface area (TPSA) is 33.1 Å². The van der Waals surface area contributed by atoms with Crippen LogP contribution in [0.25, 0.3) is 0 Å². The summed E-state index contributed by atoms with van der Waals surface area (Å²) < 4.78 is 13.6. The van der Waals surface area contributed by atoms with E-state index < -0.39 is 11.9 Å². The Bertz CT molecular complexity index is 570. The average Bonchev–Trinajstić information content (AvgIpc) is 2.82. The van der Waals surface area contributed by atoms with Gasteiger partial charge in [0.2, 0.25) is 0 Å². The van der Waals surface area contributed by atoms with E-state index in [1.54, 1.807) is 6.07 Å². The first-order valence-corrected chi connectivity index (χ1v) is 6.12. The SMILES string of the molecule is OC(c1ccncc1F)C1CCc2ccccc21. The first-order valence-electron chi connectivity index (χ1n) is 6.12. The number of benzene rings is 1. The Morgan fingerprint density at radius 1 is 1.28 bits per heavy atom. The summed E-state index contributed by atoms with van der Waals surface area (Å²) in [5.41, 5.74) is 2.74. The molecule has 1 aromatic carbocycles. The summed E-state index contributed by atoms with van der Waals surface area (Å²) in [6.45, 7) is 0. The number of fused-ring (bicyclic) bond motifs is 1. The van der Waals surface area contributed by atoms with Crippen LogP contribution in [0.2, 0.25) is 0 Å². The molecule has 1 aromatic heterocycles. The maximum Gasteiger partial charge on any atom is 0.147 e. The van der Waals surface area contributed by atoms with Gasteiger partial charge < -0.3 is 5.11 Å². The molecule has 2 atom stereocenters. The van der Waals surface area contributed by atoms with Gasteiger partial charge in [0.25, 0.3) is 0 Å². The second-order valence-electron chi connectivity index (χ2n) is 4.69. The van der Waals surface area contributed by atoms with Crippen molar-refractivity contribution in [1.29, 1.82) is 0 Å². The summed E-state index contributed by atoms with van der Waals surface area (Å²) in [5, 5.41) is 10.4. The maximum atomic E-state index is 13.6. The van der Waals surface area contributed by atoms with Crippen LogP contribution in [0.4, 0.5) is 4.39 Å². The second-order valence-corrected chi connectivity index (χ2v) is 4.69. The molecule has 0 spiro atoms. The Hall–Kier alpha value is -1.74. The Morgan fingerprint density at radius 2 is 2.11 bits per heavy atom. The number of aliphatic hydroxyl groups excluding tert-OH is 1. The van der Waals surface area contributed by atoms with Gasteiger partial charge in [-0.3, -0.25) is 4.98 Å². The lowest BCUT2D eigenvalue weighted by atomic mass is 9.91. The molecule has 1 aliphatic carbocycles. The Balaban J connectivity index is 1.96. The lowest BCUT2D eigenvalue weighted by Gasteiger charge is -2.19. The number of hydrogen-bond donors (Lipinski definition) is 1. The van der Waals surface area contributed by atoms with Crippen LogP contribution in [0.3, 0.4) is 0 Å². The monoisotopic (exact) mass is 243 g/mol. The van der Waals surface area contributed by atoms with E-state index in [0.717, 1.165) is 24.6 Å². The molecule has 3 rings (SSSR count). The highest BCUT2D eigenvalue weighted by Crippen LogP contribution is 2.41. The Labute approximate surface area is 105 Å². The van der Waals surface area contributed by atoms with Crippen molar-refractivity contribution in [3.63, 3.8) is 0 Å². The van der Waals surface area contributed by atoms with Crippen LogP contribution < -0.4 is 0 Å². The molecule has 1 heterocycles. The minimum Gasteiger partial charge on any atom is -0.388 e. The van der Waals surface area contributed by atoms with E-state index >= 15 is 0 Å². The fourth-order valence-electron chi connectivity index (χ4n) is 2.76. The molecular weight excluding hydrogens is 229 g/mol. The third kappa shape index (κ3) is 1.81. The molecule has 3 heteroatoms. The van der Waals surface area contributed by atoms with Gasteiger partial charge in [0.05, 0.1) is 12.3 Å². The van der Waals surface area contributed by atoms with Crippen molar-refractivity contribution in [2.75, 3.05) is 0 Å². The van der Waals surface area contributed by atoms with Gasteiger partial charge in [-0.15, -0.1) is 0 Å². The fourth-order valence-corrected chi connectivity index (χ4v) is 2.76. The van der Waals surface area contributed by atoms with Crippen LogP contribution in [-0.4, -0.2) is 10.1 Å². The van der Waals surface area contributed by atoms with Crippen molar-refractivity contribution < 1.29 is 9.50 Å². The summed E-state index contributed by atoms with van der Waals surface area (Å²) in [4.78, 5) is 3.71. The van der Waals surface area contributed by atoms with Crippen LogP contribution in [0.1, 0.15) is 35.1 Å². The molecule has 0 saturated carbocycles. The molecule has 0 aliphatic heterocycles. The van der Waals surface area contributed by atoms with E-state index in [1.165, 1.54) is 11.8 Å². The predicted octanol–water partition coefficient (Wildman–Crippen LogP) is 2.98. The molecular formula is C15H14FNO. The quantitative estimate of drug-likeness (QED) is 0.879. The predicted molar refractivity (Wildman–Crippen MR) is 66.7 cm³/mol. The third-order valence-corrected chi connectivity index (χ3v) is 3.68. The van der Waals surface area contributed by atoms with Crippen molar-refractivity contribution in [3.8, 4) is 0 Å². The summed E-state index contributed by atoms with van der Waals surface area (Å²) in [5.74, 6) is -0.451. The Kier molecular flexibility index (Phi) is 2.84. The van der Waals surface area contributed by atoms with E-state index in [0.29, 0.717) is 5.56 Å². The van der Waals surface area contributed by atoms with E-state index in [2.05, 4.69) is 11.1 Å². The van der Waals surface area contributed by atoms with Gasteiger partial charge in [0, 0.05) is 17.7 Å². The zero-order valence-electron chi connectivity index (χ0n) is 9.88. The molecule has 18 heavy (non-hydrogen) atoms. The molecule has 0 saturated heterocycles. The highest BCUT2D eigenvalue weighted by molar-refractivity contribution is 5.37. The zero-order chi connectivity index (χ0) is 12.5. The molecule has 0 fully saturated rings. The molecule has 2 aromatic rings. The van der Waals surface area contributed by atoms with Crippen LogP contribution >= 0.6 is 0 Å². The number of nitrogens with zero attached hydrogens (tertiary/aromatic N) is 1. The van der Waals surface area contributed by atoms with Crippen LogP contribution in [0.5, 0.6) is 0 Å². The number of aromatic nitrogens is 1. The highest BCUT2D eigenvalue weighted by atomic mass is 19.1. The number of aliphatic hydroxyl groups is 1. The molecule has 0 bridgehead atoms. The number of aryl methyl sites for hydroxylation is 1. The number of hydrogen-bond acceptors (Lipinski definition) is 2. The van der Waals surface area contributed by atoms with Crippen LogP contribution in [0.15, 0.2) is 42.7 Å². The zero-order valence-corrected chi connectivity index (χ0v) is 9.88. The molecule has 92 valence electrons. The van der Waals surface area contributed by atoms with Gasteiger partial charge in [-0.25, -0.2) is 4.39 Å². The molecule has 0 amide bonds. The lowest BCUT2D eigenvalue weighted by molar-refractivity contribution is 0.140. The van der Waals surface area contributed by atoms with Crippen LogP contribution in [0, 0.1) is 5.82 Å². The standard InChI is InChI=1S/C15H14FNO/c16-14-9-17-8-7-13(14)15(18)12-6-5-10-3-1-2-4-11(10)12/h1-4,7-9,12,15,18H,5-6H2. The summed E-state index contributed by atoms with van der Waals surface area (Å²) in [6.07, 6.45) is 3.69. The van der Waals surface area contributed by atoms with Crippen molar-refractivity contribution in [1.82, 2.24) is 4.98 Å². The van der Waals surface area contributed by atoms with Crippen molar-refractivity contribution in [2.24, 2.45) is 0 Å². The van der Waals surface area contributed by atoms with Gasteiger partial charge in [-0.05, 0) is 30.0 Å². The molecule has 1 aliphatic rings. The number of rotatable bonds is 2. The average molecular weight is 243 g/mol. The van der Waals surface area contributed by atoms with E-state index in [1.807, 2.05) is 18.2 Å². The molecule has 2 nitrogen and oxygen atoms in total. The van der Waals surface area contributed by atoms with E-state index in [9.17, 15) is 9.50 Å². The van der Waals surface area contributed by atoms with Gasteiger partial charge in [-0.2, -0.15) is 0 Å².